The minimum atomic E-state index is -0.419. The molecule has 0 aliphatic rings. The molecule has 3 N–H and O–H groups in total. The standard InChI is InChI=1S/C16H13ClN6O2/c1-19-15(24)12-6-10(9(7-18)14(17)21-12)20-8-3-4-13-11(5-8)22-16(25)23(13)2/h3-6H,1-2H3,(H,19,24)(H,20,21)(H,22,25). The van der Waals surface area contributed by atoms with Crippen molar-refractivity contribution in [1.29, 1.82) is 5.26 Å². The number of rotatable bonds is 3. The third kappa shape index (κ3) is 2.93. The predicted octanol–water partition coefficient (Wildman–Crippen LogP) is 1.89. The van der Waals surface area contributed by atoms with Crippen molar-refractivity contribution in [2.45, 2.75) is 0 Å². The summed E-state index contributed by atoms with van der Waals surface area (Å²) in [5, 5.41) is 14.7. The van der Waals surface area contributed by atoms with Gasteiger partial charge in [0, 0.05) is 19.8 Å². The molecule has 8 nitrogen and oxygen atoms in total. The number of hydrogen-bond donors (Lipinski definition) is 3. The molecule has 0 unspecified atom stereocenters. The molecule has 0 saturated carbocycles. The number of pyridine rings is 1. The molecule has 2 heterocycles. The van der Waals surface area contributed by atoms with Crippen molar-refractivity contribution >= 4 is 39.9 Å². The summed E-state index contributed by atoms with van der Waals surface area (Å²) >= 11 is 6.02. The first-order chi connectivity index (χ1) is 11.9. The number of aromatic nitrogens is 3. The van der Waals surface area contributed by atoms with Gasteiger partial charge in [-0.25, -0.2) is 9.78 Å². The highest BCUT2D eigenvalue weighted by molar-refractivity contribution is 6.31. The molecule has 3 aromatic rings. The number of imidazole rings is 1. The van der Waals surface area contributed by atoms with Gasteiger partial charge in [-0.15, -0.1) is 0 Å². The van der Waals surface area contributed by atoms with Crippen molar-refractivity contribution < 1.29 is 4.79 Å². The zero-order valence-corrected chi connectivity index (χ0v) is 14.1. The van der Waals surface area contributed by atoms with E-state index in [1.807, 2.05) is 6.07 Å². The molecule has 0 aliphatic heterocycles. The molecular weight excluding hydrogens is 344 g/mol. The maximum Gasteiger partial charge on any atom is 0.326 e. The van der Waals surface area contributed by atoms with E-state index in [0.29, 0.717) is 16.9 Å². The number of carbonyl (C=O) groups is 1. The number of carbonyl (C=O) groups excluding carboxylic acids is 1. The number of benzene rings is 1. The number of nitriles is 1. The van der Waals surface area contributed by atoms with Crippen LogP contribution in [-0.2, 0) is 7.05 Å². The van der Waals surface area contributed by atoms with Crippen LogP contribution < -0.4 is 16.3 Å². The molecular formula is C16H13ClN6O2. The molecule has 0 atom stereocenters. The van der Waals surface area contributed by atoms with Crippen LogP contribution in [0.4, 0.5) is 11.4 Å². The smallest absolute Gasteiger partial charge is 0.326 e. The number of H-pyrrole nitrogens is 1. The molecule has 1 aromatic carbocycles. The summed E-state index contributed by atoms with van der Waals surface area (Å²) in [5.74, 6) is -0.419. The van der Waals surface area contributed by atoms with Crippen LogP contribution in [0.5, 0.6) is 0 Å². The number of aromatic amines is 1. The van der Waals surface area contributed by atoms with Gasteiger partial charge >= 0.3 is 5.69 Å². The van der Waals surface area contributed by atoms with E-state index in [-0.39, 0.29) is 22.1 Å². The molecule has 0 saturated heterocycles. The molecule has 9 heteroatoms. The third-order valence-electron chi connectivity index (χ3n) is 3.73. The van der Waals surface area contributed by atoms with E-state index in [4.69, 9.17) is 11.6 Å². The fourth-order valence-corrected chi connectivity index (χ4v) is 2.67. The Balaban J connectivity index is 2.07. The van der Waals surface area contributed by atoms with Crippen LogP contribution >= 0.6 is 11.6 Å². The average molecular weight is 357 g/mol. The predicted molar refractivity (Wildman–Crippen MR) is 94.2 cm³/mol. The first-order valence-corrected chi connectivity index (χ1v) is 7.61. The van der Waals surface area contributed by atoms with Crippen LogP contribution in [0.2, 0.25) is 5.15 Å². The Labute approximate surface area is 147 Å². The molecule has 0 aliphatic carbocycles. The number of nitrogens with one attached hydrogen (secondary N) is 3. The fraction of sp³-hybridized carbons (Fsp3) is 0.125. The molecule has 0 bridgehead atoms. The summed E-state index contributed by atoms with van der Waals surface area (Å²) in [6.07, 6.45) is 0. The van der Waals surface area contributed by atoms with E-state index in [9.17, 15) is 14.9 Å². The van der Waals surface area contributed by atoms with Crippen molar-refractivity contribution in [3.8, 4) is 6.07 Å². The highest BCUT2D eigenvalue weighted by Gasteiger charge is 2.15. The van der Waals surface area contributed by atoms with Gasteiger partial charge in [-0.05, 0) is 24.3 Å². The zero-order chi connectivity index (χ0) is 18.1. The summed E-state index contributed by atoms with van der Waals surface area (Å²) in [6.45, 7) is 0. The van der Waals surface area contributed by atoms with E-state index in [1.165, 1.54) is 17.7 Å². The van der Waals surface area contributed by atoms with E-state index in [1.54, 1.807) is 25.2 Å². The molecule has 3 rings (SSSR count). The summed E-state index contributed by atoms with van der Waals surface area (Å²) < 4.78 is 1.49. The first kappa shape index (κ1) is 16.5. The Bertz CT molecular complexity index is 1090. The van der Waals surface area contributed by atoms with Crippen molar-refractivity contribution in [1.82, 2.24) is 19.9 Å². The first-order valence-electron chi connectivity index (χ1n) is 7.23. The van der Waals surface area contributed by atoms with E-state index in [0.717, 1.165) is 5.52 Å². The quantitative estimate of drug-likeness (QED) is 0.620. The lowest BCUT2D eigenvalue weighted by molar-refractivity contribution is 0.0958. The largest absolute Gasteiger partial charge is 0.354 e. The Morgan fingerprint density at radius 1 is 1.40 bits per heavy atom. The maximum absolute atomic E-state index is 11.8. The van der Waals surface area contributed by atoms with Gasteiger partial charge in [0.25, 0.3) is 5.91 Å². The van der Waals surface area contributed by atoms with Crippen molar-refractivity contribution in [2.24, 2.45) is 7.05 Å². The van der Waals surface area contributed by atoms with Crippen LogP contribution in [0.1, 0.15) is 16.1 Å². The lowest BCUT2D eigenvalue weighted by Gasteiger charge is -2.11. The SMILES string of the molecule is CNC(=O)c1cc(Nc2ccc3c(c2)[nH]c(=O)n3C)c(C#N)c(Cl)n1. The van der Waals surface area contributed by atoms with Crippen molar-refractivity contribution in [3.05, 3.63) is 51.2 Å². The van der Waals surface area contributed by atoms with E-state index in [2.05, 4.69) is 20.6 Å². The number of amides is 1. The van der Waals surface area contributed by atoms with Gasteiger partial charge in [0.1, 0.15) is 22.5 Å². The Morgan fingerprint density at radius 2 is 2.16 bits per heavy atom. The van der Waals surface area contributed by atoms with Gasteiger partial charge in [0.05, 0.1) is 16.7 Å². The van der Waals surface area contributed by atoms with Crippen LogP contribution in [-0.4, -0.2) is 27.5 Å². The second-order valence-electron chi connectivity index (χ2n) is 5.26. The van der Waals surface area contributed by atoms with E-state index < -0.39 is 5.91 Å². The Kier molecular flexibility index (Phi) is 4.17. The maximum atomic E-state index is 11.8. The summed E-state index contributed by atoms with van der Waals surface area (Å²) in [6, 6.07) is 8.66. The second-order valence-corrected chi connectivity index (χ2v) is 5.62. The van der Waals surface area contributed by atoms with Crippen LogP contribution in [0.15, 0.2) is 29.1 Å². The van der Waals surface area contributed by atoms with Crippen LogP contribution in [0, 0.1) is 11.3 Å². The number of anilines is 2. The molecule has 0 spiro atoms. The Hall–Kier alpha value is -3.31. The third-order valence-corrected chi connectivity index (χ3v) is 4.00. The monoisotopic (exact) mass is 356 g/mol. The Morgan fingerprint density at radius 3 is 2.84 bits per heavy atom. The zero-order valence-electron chi connectivity index (χ0n) is 13.3. The lowest BCUT2D eigenvalue weighted by Crippen LogP contribution is -2.19. The molecule has 126 valence electrons. The van der Waals surface area contributed by atoms with Crippen molar-refractivity contribution in [3.63, 3.8) is 0 Å². The fourth-order valence-electron chi connectivity index (χ4n) is 2.43. The van der Waals surface area contributed by atoms with E-state index >= 15 is 0 Å². The molecule has 2 aromatic heterocycles. The minimum Gasteiger partial charge on any atom is -0.354 e. The summed E-state index contributed by atoms with van der Waals surface area (Å²) in [5.41, 5.74) is 2.34. The summed E-state index contributed by atoms with van der Waals surface area (Å²) in [4.78, 5) is 30.1. The topological polar surface area (TPSA) is 116 Å². The number of aryl methyl sites for hydroxylation is 1. The highest BCUT2D eigenvalue weighted by atomic mass is 35.5. The second kappa shape index (κ2) is 6.30. The number of hydrogen-bond acceptors (Lipinski definition) is 5. The normalized spacial score (nSPS) is 10.5. The number of nitrogens with zero attached hydrogens (tertiary/aromatic N) is 3. The lowest BCUT2D eigenvalue weighted by atomic mass is 10.2. The van der Waals surface area contributed by atoms with Crippen molar-refractivity contribution in [2.75, 3.05) is 12.4 Å². The van der Waals surface area contributed by atoms with Gasteiger partial charge in [-0.2, -0.15) is 5.26 Å². The minimum absolute atomic E-state index is 0.0692. The van der Waals surface area contributed by atoms with Gasteiger partial charge in [0.15, 0.2) is 0 Å². The van der Waals surface area contributed by atoms with Gasteiger partial charge in [0.2, 0.25) is 0 Å². The van der Waals surface area contributed by atoms with Gasteiger partial charge in [-0.1, -0.05) is 11.6 Å². The number of halogens is 1. The molecule has 25 heavy (non-hydrogen) atoms. The van der Waals surface area contributed by atoms with Crippen LogP contribution in [0.25, 0.3) is 11.0 Å². The van der Waals surface area contributed by atoms with Gasteiger partial charge < -0.3 is 15.6 Å². The highest BCUT2D eigenvalue weighted by Crippen LogP contribution is 2.27. The number of fused-ring (bicyclic) bond motifs is 1. The molecule has 0 radical (unpaired) electrons. The van der Waals surface area contributed by atoms with Gasteiger partial charge in [-0.3, -0.25) is 9.36 Å². The van der Waals surface area contributed by atoms with Crippen LogP contribution in [0.3, 0.4) is 0 Å². The molecule has 0 fully saturated rings. The molecule has 1 amide bonds. The summed E-state index contributed by atoms with van der Waals surface area (Å²) in [7, 11) is 3.14. The average Bonchev–Trinajstić information content (AvgIpc) is 2.87.